The molecule has 4 aromatic carbocycles. The monoisotopic (exact) mass is 392 g/mol. The van der Waals surface area contributed by atoms with Gasteiger partial charge in [0.25, 0.3) is 0 Å². The van der Waals surface area contributed by atoms with Gasteiger partial charge in [-0.3, -0.25) is 0 Å². The Kier molecular flexibility index (Phi) is 4.38. The lowest BCUT2D eigenvalue weighted by molar-refractivity contribution is 1.42. The summed E-state index contributed by atoms with van der Waals surface area (Å²) in [6.45, 7) is 0. The molecule has 0 radical (unpaired) electrons. The van der Waals surface area contributed by atoms with E-state index in [4.69, 9.17) is 0 Å². The Hall–Kier alpha value is -2.69. The van der Waals surface area contributed by atoms with Crippen LogP contribution in [0.5, 0.6) is 0 Å². The molecular formula is C26H24Si2. The standard InChI is InChI=1S/C26H24Si2/c1-5-13-23(14-6-1)27(24-15-7-2-8-16-24)21-28(22-27,25-17-9-3-10-18-25)26-19-11-4-12-20-26/h1-20H,21-22H2. The van der Waals surface area contributed by atoms with Gasteiger partial charge in [0.2, 0.25) is 0 Å². The second kappa shape index (κ2) is 7.04. The molecule has 0 nitrogen and oxygen atoms in total. The van der Waals surface area contributed by atoms with Crippen molar-refractivity contribution in [3.63, 3.8) is 0 Å². The molecular weight excluding hydrogens is 368 g/mol. The molecule has 0 aromatic heterocycles. The average molecular weight is 393 g/mol. The van der Waals surface area contributed by atoms with Crippen LogP contribution in [0.3, 0.4) is 0 Å². The second-order valence-corrected chi connectivity index (χ2v) is 17.4. The van der Waals surface area contributed by atoms with Crippen LogP contribution in [0.25, 0.3) is 0 Å². The molecule has 0 atom stereocenters. The van der Waals surface area contributed by atoms with Gasteiger partial charge in [-0.05, 0) is 11.3 Å². The van der Waals surface area contributed by atoms with Crippen molar-refractivity contribution in [2.75, 3.05) is 0 Å². The minimum atomic E-state index is -1.73. The van der Waals surface area contributed by atoms with E-state index in [0.717, 1.165) is 0 Å². The van der Waals surface area contributed by atoms with Gasteiger partial charge in [0, 0.05) is 0 Å². The lowest BCUT2D eigenvalue weighted by Gasteiger charge is -2.55. The molecule has 28 heavy (non-hydrogen) atoms. The van der Waals surface area contributed by atoms with E-state index in [2.05, 4.69) is 121 Å². The fourth-order valence-electron chi connectivity index (χ4n) is 5.16. The fourth-order valence-corrected chi connectivity index (χ4v) is 23.5. The highest BCUT2D eigenvalue weighted by atomic mass is 28.5. The first kappa shape index (κ1) is 17.4. The third-order valence-corrected chi connectivity index (χ3v) is 21.9. The van der Waals surface area contributed by atoms with Crippen LogP contribution in [0.1, 0.15) is 0 Å². The van der Waals surface area contributed by atoms with Gasteiger partial charge in [-0.1, -0.05) is 142 Å². The zero-order valence-electron chi connectivity index (χ0n) is 16.0. The lowest BCUT2D eigenvalue weighted by Crippen LogP contribution is -2.82. The summed E-state index contributed by atoms with van der Waals surface area (Å²) in [5.41, 5.74) is 2.73. The Morgan fingerprint density at radius 3 is 0.750 bits per heavy atom. The Morgan fingerprint density at radius 1 is 0.321 bits per heavy atom. The minimum absolute atomic E-state index is 1.36. The minimum Gasteiger partial charge on any atom is -0.0626 e. The predicted octanol–water partition coefficient (Wildman–Crippen LogP) is 3.60. The van der Waals surface area contributed by atoms with Gasteiger partial charge in [-0.25, -0.2) is 0 Å². The van der Waals surface area contributed by atoms with Gasteiger partial charge in [-0.15, -0.1) is 0 Å². The average Bonchev–Trinajstić information content (AvgIpc) is 2.76. The molecule has 1 saturated heterocycles. The zero-order chi connectivity index (χ0) is 18.9. The van der Waals surface area contributed by atoms with Crippen molar-refractivity contribution in [1.82, 2.24) is 0 Å². The van der Waals surface area contributed by atoms with E-state index in [1.165, 1.54) is 11.3 Å². The van der Waals surface area contributed by atoms with Crippen LogP contribution in [-0.2, 0) is 0 Å². The van der Waals surface area contributed by atoms with Crippen LogP contribution in [0.4, 0.5) is 0 Å². The normalized spacial score (nSPS) is 16.9. The highest BCUT2D eigenvalue weighted by molar-refractivity contribution is 7.31. The summed E-state index contributed by atoms with van der Waals surface area (Å²) in [5, 5.41) is 6.37. The molecule has 1 aliphatic rings. The number of rotatable bonds is 4. The summed E-state index contributed by atoms with van der Waals surface area (Å²) in [6, 6.07) is 45.4. The first-order valence-corrected chi connectivity index (χ1v) is 14.9. The van der Waals surface area contributed by atoms with Gasteiger partial charge in [0.1, 0.15) is 16.1 Å². The maximum atomic E-state index is 2.38. The molecule has 1 aliphatic heterocycles. The van der Waals surface area contributed by atoms with Crippen LogP contribution in [-0.4, -0.2) is 16.1 Å². The maximum Gasteiger partial charge on any atom is 0.114 e. The third-order valence-electron chi connectivity index (χ3n) is 6.51. The predicted molar refractivity (Wildman–Crippen MR) is 125 cm³/mol. The summed E-state index contributed by atoms with van der Waals surface area (Å²) in [7, 11) is -3.47. The van der Waals surface area contributed by atoms with Crippen LogP contribution in [0.15, 0.2) is 121 Å². The van der Waals surface area contributed by atoms with E-state index in [-0.39, 0.29) is 0 Å². The van der Waals surface area contributed by atoms with Crippen molar-refractivity contribution in [3.8, 4) is 0 Å². The van der Waals surface area contributed by atoms with Crippen molar-refractivity contribution >= 4 is 36.9 Å². The molecule has 4 aromatic rings. The van der Waals surface area contributed by atoms with Gasteiger partial charge in [0.15, 0.2) is 0 Å². The molecule has 1 heterocycles. The van der Waals surface area contributed by atoms with Crippen molar-refractivity contribution in [3.05, 3.63) is 121 Å². The Bertz CT molecular complexity index is 869. The van der Waals surface area contributed by atoms with E-state index in [1.807, 2.05) is 0 Å². The van der Waals surface area contributed by atoms with Crippen LogP contribution < -0.4 is 20.7 Å². The van der Waals surface area contributed by atoms with Gasteiger partial charge >= 0.3 is 0 Å². The highest BCUT2D eigenvalue weighted by Crippen LogP contribution is 2.39. The Labute approximate surface area is 169 Å². The smallest absolute Gasteiger partial charge is 0.0626 e. The molecule has 0 saturated carbocycles. The molecule has 0 spiro atoms. The SMILES string of the molecule is c1ccc([Si]2(c3ccccc3)C[Si](c3ccccc3)(c3ccccc3)C2)cc1. The molecule has 0 amide bonds. The van der Waals surface area contributed by atoms with Crippen LogP contribution in [0.2, 0.25) is 11.3 Å². The summed E-state index contributed by atoms with van der Waals surface area (Å²) in [5.74, 6) is 0. The molecule has 136 valence electrons. The fraction of sp³-hybridized carbons (Fsp3) is 0.0769. The second-order valence-electron chi connectivity index (χ2n) is 7.98. The largest absolute Gasteiger partial charge is 0.114 e. The highest BCUT2D eigenvalue weighted by Gasteiger charge is 2.60. The van der Waals surface area contributed by atoms with E-state index < -0.39 is 16.1 Å². The first-order chi connectivity index (χ1) is 13.8. The van der Waals surface area contributed by atoms with Gasteiger partial charge in [-0.2, -0.15) is 0 Å². The topological polar surface area (TPSA) is 0 Å². The van der Waals surface area contributed by atoms with Crippen LogP contribution in [0, 0.1) is 0 Å². The molecule has 0 aliphatic carbocycles. The summed E-state index contributed by atoms with van der Waals surface area (Å²) in [4.78, 5) is 0. The van der Waals surface area contributed by atoms with E-state index in [9.17, 15) is 0 Å². The van der Waals surface area contributed by atoms with E-state index >= 15 is 0 Å². The van der Waals surface area contributed by atoms with Gasteiger partial charge < -0.3 is 0 Å². The lowest BCUT2D eigenvalue weighted by atomic mass is 10.4. The van der Waals surface area contributed by atoms with E-state index in [1.54, 1.807) is 20.7 Å². The van der Waals surface area contributed by atoms with Crippen molar-refractivity contribution < 1.29 is 0 Å². The summed E-state index contributed by atoms with van der Waals surface area (Å²) >= 11 is 0. The van der Waals surface area contributed by atoms with Crippen LogP contribution >= 0.6 is 0 Å². The molecule has 1 fully saturated rings. The number of benzene rings is 4. The maximum absolute atomic E-state index is 2.38. The Morgan fingerprint density at radius 2 is 0.536 bits per heavy atom. The van der Waals surface area contributed by atoms with Crippen molar-refractivity contribution in [1.29, 1.82) is 0 Å². The zero-order valence-corrected chi connectivity index (χ0v) is 18.0. The third kappa shape index (κ3) is 2.72. The van der Waals surface area contributed by atoms with Crippen molar-refractivity contribution in [2.24, 2.45) is 0 Å². The molecule has 0 unspecified atom stereocenters. The molecule has 0 bridgehead atoms. The quantitative estimate of drug-likeness (QED) is 0.466. The molecule has 2 heteroatoms. The molecule has 0 N–H and O–H groups in total. The summed E-state index contributed by atoms with van der Waals surface area (Å²) < 4.78 is 0. The molecule has 5 rings (SSSR count). The summed E-state index contributed by atoms with van der Waals surface area (Å²) in [6.07, 6.45) is 0. The number of hydrogen-bond donors (Lipinski definition) is 0. The Balaban J connectivity index is 1.67. The number of hydrogen-bond acceptors (Lipinski definition) is 0. The first-order valence-electron chi connectivity index (χ1n) is 10.1. The van der Waals surface area contributed by atoms with Crippen molar-refractivity contribution in [2.45, 2.75) is 11.3 Å². The van der Waals surface area contributed by atoms with Gasteiger partial charge in [0.05, 0.1) is 0 Å². The van der Waals surface area contributed by atoms with E-state index in [0.29, 0.717) is 0 Å².